The van der Waals surface area contributed by atoms with Crippen molar-refractivity contribution in [2.75, 3.05) is 0 Å². The van der Waals surface area contributed by atoms with E-state index in [0.717, 1.165) is 8.95 Å². The lowest BCUT2D eigenvalue weighted by Gasteiger charge is -2.30. The zero-order valence-electron chi connectivity index (χ0n) is 9.64. The number of carbonyl (C=O) groups excluding carboxylic acids is 1. The minimum atomic E-state index is -2.17. The Kier molecular flexibility index (Phi) is 4.08. The van der Waals surface area contributed by atoms with Crippen LogP contribution in [0.1, 0.15) is 11.1 Å². The van der Waals surface area contributed by atoms with Crippen LogP contribution in [0.2, 0.25) is 0 Å². The van der Waals surface area contributed by atoms with Crippen LogP contribution in [-0.4, -0.2) is 11.1 Å². The van der Waals surface area contributed by atoms with Gasteiger partial charge < -0.3 is 15.0 Å². The molecule has 1 N–H and O–H groups in total. The molecule has 0 heterocycles. The lowest BCUT2D eigenvalue weighted by atomic mass is 9.86. The monoisotopic (exact) mass is 383 g/mol. The number of carboxylic acids is 1. The van der Waals surface area contributed by atoms with E-state index in [1.807, 2.05) is 0 Å². The maximum Gasteiger partial charge on any atom is 0.154 e. The van der Waals surface area contributed by atoms with Crippen LogP contribution >= 0.6 is 31.9 Å². The van der Waals surface area contributed by atoms with Gasteiger partial charge in [0.15, 0.2) is 5.60 Å². The summed E-state index contributed by atoms with van der Waals surface area (Å²) in [4.78, 5) is 11.4. The molecule has 5 heteroatoms. The minimum Gasteiger partial charge on any atom is -0.546 e. The van der Waals surface area contributed by atoms with Gasteiger partial charge in [-0.2, -0.15) is 0 Å². The number of carbonyl (C=O) groups is 1. The fraction of sp³-hybridized carbons (Fsp3) is 0.0714. The maximum atomic E-state index is 11.4. The van der Waals surface area contributed by atoms with Crippen LogP contribution in [0.3, 0.4) is 0 Å². The van der Waals surface area contributed by atoms with E-state index in [1.54, 1.807) is 48.5 Å². The largest absolute Gasteiger partial charge is 0.546 e. The molecule has 0 spiro atoms. The SMILES string of the molecule is O=C([O-])C(O)(c1ccc(Br)cc1)c1ccc(Br)cc1. The van der Waals surface area contributed by atoms with Crippen molar-refractivity contribution in [2.24, 2.45) is 0 Å². The van der Waals surface area contributed by atoms with E-state index in [-0.39, 0.29) is 11.1 Å². The first-order valence-corrected chi connectivity index (χ1v) is 6.99. The van der Waals surface area contributed by atoms with Gasteiger partial charge in [-0.1, -0.05) is 56.1 Å². The van der Waals surface area contributed by atoms with Gasteiger partial charge in [0, 0.05) is 8.95 Å². The fourth-order valence-electron chi connectivity index (χ4n) is 1.78. The highest BCUT2D eigenvalue weighted by Gasteiger charge is 2.33. The van der Waals surface area contributed by atoms with Crippen LogP contribution in [-0.2, 0) is 10.4 Å². The molecule has 0 saturated carbocycles. The molecule has 0 radical (unpaired) electrons. The van der Waals surface area contributed by atoms with E-state index < -0.39 is 11.6 Å². The lowest BCUT2D eigenvalue weighted by Crippen LogP contribution is -2.46. The Bertz CT molecular complexity index is 546. The fourth-order valence-corrected chi connectivity index (χ4v) is 2.31. The number of hydrogen-bond acceptors (Lipinski definition) is 3. The maximum absolute atomic E-state index is 11.4. The first-order valence-electron chi connectivity index (χ1n) is 5.40. The Labute approximate surface area is 127 Å². The van der Waals surface area contributed by atoms with Crippen molar-refractivity contribution < 1.29 is 15.0 Å². The quantitative estimate of drug-likeness (QED) is 0.882. The van der Waals surface area contributed by atoms with Crippen LogP contribution in [0.15, 0.2) is 57.5 Å². The number of carboxylic acid groups (broad SMARTS) is 1. The van der Waals surface area contributed by atoms with Crippen molar-refractivity contribution in [1.29, 1.82) is 0 Å². The topological polar surface area (TPSA) is 60.4 Å². The predicted octanol–water partition coefficient (Wildman–Crippen LogP) is 2.20. The van der Waals surface area contributed by atoms with Gasteiger partial charge >= 0.3 is 0 Å². The molecule has 0 aliphatic carbocycles. The molecule has 2 rings (SSSR count). The van der Waals surface area contributed by atoms with Crippen LogP contribution in [0, 0.1) is 0 Å². The smallest absolute Gasteiger partial charge is 0.154 e. The highest BCUT2D eigenvalue weighted by atomic mass is 79.9. The molecule has 19 heavy (non-hydrogen) atoms. The molecule has 0 aromatic heterocycles. The van der Waals surface area contributed by atoms with Gasteiger partial charge in [0.05, 0.1) is 5.97 Å². The molecule has 0 aliphatic heterocycles. The Balaban J connectivity index is 2.57. The highest BCUT2D eigenvalue weighted by molar-refractivity contribution is 9.10. The minimum absolute atomic E-state index is 0.248. The Hall–Kier alpha value is -1.17. The average Bonchev–Trinajstić information content (AvgIpc) is 2.39. The summed E-state index contributed by atoms with van der Waals surface area (Å²) in [6.07, 6.45) is 0. The van der Waals surface area contributed by atoms with Crippen molar-refractivity contribution in [3.63, 3.8) is 0 Å². The summed E-state index contributed by atoms with van der Waals surface area (Å²) < 4.78 is 1.60. The summed E-state index contributed by atoms with van der Waals surface area (Å²) in [5.74, 6) is -1.56. The molecule has 2 aromatic rings. The van der Waals surface area contributed by atoms with Crippen molar-refractivity contribution in [2.45, 2.75) is 5.60 Å². The summed E-state index contributed by atoms with van der Waals surface area (Å²) in [5, 5.41) is 21.9. The van der Waals surface area contributed by atoms with Gasteiger partial charge in [-0.3, -0.25) is 0 Å². The molecule has 0 fully saturated rings. The summed E-state index contributed by atoms with van der Waals surface area (Å²) in [5.41, 5.74) is -1.67. The van der Waals surface area contributed by atoms with Crippen molar-refractivity contribution in [3.05, 3.63) is 68.6 Å². The van der Waals surface area contributed by atoms with Gasteiger partial charge in [0.1, 0.15) is 0 Å². The molecule has 0 amide bonds. The van der Waals surface area contributed by atoms with E-state index in [4.69, 9.17) is 0 Å². The average molecular weight is 385 g/mol. The number of halogens is 2. The van der Waals surface area contributed by atoms with Gasteiger partial charge in [-0.05, 0) is 35.4 Å². The summed E-state index contributed by atoms with van der Waals surface area (Å²) in [7, 11) is 0. The van der Waals surface area contributed by atoms with Crippen LogP contribution in [0.4, 0.5) is 0 Å². The van der Waals surface area contributed by atoms with Crippen LogP contribution < -0.4 is 5.11 Å². The van der Waals surface area contributed by atoms with Crippen molar-refractivity contribution >= 4 is 37.8 Å². The number of rotatable bonds is 3. The van der Waals surface area contributed by atoms with E-state index >= 15 is 0 Å². The highest BCUT2D eigenvalue weighted by Crippen LogP contribution is 2.31. The second-order valence-electron chi connectivity index (χ2n) is 4.01. The predicted molar refractivity (Wildman–Crippen MR) is 76.3 cm³/mol. The second-order valence-corrected chi connectivity index (χ2v) is 5.84. The van der Waals surface area contributed by atoms with Gasteiger partial charge in [-0.25, -0.2) is 0 Å². The third-order valence-electron chi connectivity index (χ3n) is 2.82. The third-order valence-corrected chi connectivity index (χ3v) is 3.88. The normalized spacial score (nSPS) is 11.3. The molecule has 0 atom stereocenters. The van der Waals surface area contributed by atoms with Gasteiger partial charge in [-0.15, -0.1) is 0 Å². The third kappa shape index (κ3) is 2.73. The van der Waals surface area contributed by atoms with E-state index in [1.165, 1.54) is 0 Å². The molecule has 0 aliphatic rings. The number of aliphatic hydroxyl groups is 1. The zero-order valence-corrected chi connectivity index (χ0v) is 12.8. The van der Waals surface area contributed by atoms with E-state index in [0.29, 0.717) is 0 Å². The Morgan fingerprint density at radius 2 is 1.21 bits per heavy atom. The summed E-state index contributed by atoms with van der Waals surface area (Å²) >= 11 is 6.53. The van der Waals surface area contributed by atoms with Crippen molar-refractivity contribution in [1.82, 2.24) is 0 Å². The molecule has 98 valence electrons. The van der Waals surface area contributed by atoms with Crippen LogP contribution in [0.5, 0.6) is 0 Å². The molecule has 3 nitrogen and oxygen atoms in total. The summed E-state index contributed by atoms with van der Waals surface area (Å²) in [6.45, 7) is 0. The first kappa shape index (κ1) is 14.2. The Morgan fingerprint density at radius 1 is 0.895 bits per heavy atom. The van der Waals surface area contributed by atoms with Gasteiger partial charge in [0.25, 0.3) is 0 Å². The molecule has 2 aromatic carbocycles. The molecule has 0 bridgehead atoms. The number of hydrogen-bond donors (Lipinski definition) is 1. The van der Waals surface area contributed by atoms with Crippen LogP contribution in [0.25, 0.3) is 0 Å². The standard InChI is InChI=1S/C14H10Br2O3/c15-11-5-1-9(2-6-11)14(19,13(17)18)10-3-7-12(16)8-4-10/h1-8,19H,(H,17,18)/p-1. The van der Waals surface area contributed by atoms with E-state index in [2.05, 4.69) is 31.9 Å². The zero-order chi connectivity index (χ0) is 14.0. The van der Waals surface area contributed by atoms with Gasteiger partial charge in [0.2, 0.25) is 0 Å². The molecular formula is C14H9Br2O3-. The molecule has 0 unspecified atom stereocenters. The molecular weight excluding hydrogens is 376 g/mol. The van der Waals surface area contributed by atoms with E-state index in [9.17, 15) is 15.0 Å². The lowest BCUT2D eigenvalue weighted by molar-refractivity contribution is -0.322. The number of benzene rings is 2. The first-order chi connectivity index (χ1) is 8.94. The van der Waals surface area contributed by atoms with Crippen molar-refractivity contribution in [3.8, 4) is 0 Å². The Morgan fingerprint density at radius 3 is 1.47 bits per heavy atom. The molecule has 0 saturated heterocycles. The second kappa shape index (κ2) is 5.45. The number of aliphatic carboxylic acids is 1. The summed E-state index contributed by atoms with van der Waals surface area (Å²) in [6, 6.07) is 12.8.